The Hall–Kier alpha value is -0.580. The van der Waals surface area contributed by atoms with Gasteiger partial charge >= 0.3 is 0 Å². The van der Waals surface area contributed by atoms with Crippen molar-refractivity contribution in [1.29, 1.82) is 0 Å². The number of hydrogen-bond acceptors (Lipinski definition) is 3. The lowest BCUT2D eigenvalue weighted by molar-refractivity contribution is 0.0420. The van der Waals surface area contributed by atoms with E-state index in [9.17, 15) is 4.79 Å². The molecule has 3 nitrogen and oxygen atoms in total. The van der Waals surface area contributed by atoms with Crippen molar-refractivity contribution in [1.82, 2.24) is 5.32 Å². The lowest BCUT2D eigenvalue weighted by Crippen LogP contribution is -2.38. The first kappa shape index (κ1) is 10.9. The predicted octanol–water partition coefficient (Wildman–Crippen LogP) is 1.90. The van der Waals surface area contributed by atoms with Crippen molar-refractivity contribution >= 4 is 28.8 Å². The number of amides is 1. The Balaban J connectivity index is 1.80. The number of thiophene rings is 1. The smallest absolute Gasteiger partial charge is 0.262 e. The summed E-state index contributed by atoms with van der Waals surface area (Å²) in [4.78, 5) is 12.2. The Kier molecular flexibility index (Phi) is 3.29. The van der Waals surface area contributed by atoms with Crippen molar-refractivity contribution in [3.63, 3.8) is 0 Å². The molecule has 1 aliphatic rings. The third kappa shape index (κ3) is 2.51. The van der Waals surface area contributed by atoms with Gasteiger partial charge in [-0.15, -0.1) is 11.3 Å². The molecule has 2 rings (SSSR count). The van der Waals surface area contributed by atoms with Gasteiger partial charge in [-0.1, -0.05) is 11.6 Å². The van der Waals surface area contributed by atoms with Gasteiger partial charge in [0.1, 0.15) is 4.88 Å². The first-order valence-electron chi connectivity index (χ1n) is 4.86. The van der Waals surface area contributed by atoms with Crippen LogP contribution in [0.5, 0.6) is 0 Å². The Morgan fingerprint density at radius 3 is 2.93 bits per heavy atom. The van der Waals surface area contributed by atoms with E-state index < -0.39 is 0 Å². The molecular formula is C10H12ClNO2S. The third-order valence-electron chi connectivity index (χ3n) is 2.59. The van der Waals surface area contributed by atoms with E-state index in [2.05, 4.69) is 5.32 Å². The van der Waals surface area contributed by atoms with Crippen molar-refractivity contribution in [3.05, 3.63) is 21.3 Å². The Morgan fingerprint density at radius 1 is 1.67 bits per heavy atom. The average molecular weight is 246 g/mol. The minimum atomic E-state index is -0.169. The summed E-state index contributed by atoms with van der Waals surface area (Å²) < 4.78 is 0. The minimum absolute atomic E-state index is 0.114. The molecule has 0 aliphatic heterocycles. The van der Waals surface area contributed by atoms with E-state index in [1.807, 2.05) is 0 Å². The zero-order valence-electron chi connectivity index (χ0n) is 8.07. The zero-order chi connectivity index (χ0) is 10.8. The second-order valence-corrected chi connectivity index (χ2v) is 5.12. The minimum Gasteiger partial charge on any atom is -0.393 e. The van der Waals surface area contributed by atoms with Crippen molar-refractivity contribution < 1.29 is 9.90 Å². The topological polar surface area (TPSA) is 49.3 Å². The molecule has 0 aromatic carbocycles. The number of hydrogen-bond donors (Lipinski definition) is 2. The fraction of sp³-hybridized carbons (Fsp3) is 0.500. The highest BCUT2D eigenvalue weighted by Crippen LogP contribution is 2.27. The number of rotatable bonds is 3. The number of nitrogens with one attached hydrogen (secondary N) is 1. The van der Waals surface area contributed by atoms with Crippen LogP contribution in [0.2, 0.25) is 5.02 Å². The van der Waals surface area contributed by atoms with Gasteiger partial charge in [0.05, 0.1) is 11.1 Å². The fourth-order valence-corrected chi connectivity index (χ4v) is 2.70. The molecule has 1 aliphatic carbocycles. The third-order valence-corrected chi connectivity index (χ3v) is 3.93. The predicted molar refractivity (Wildman–Crippen MR) is 60.4 cm³/mol. The summed E-state index contributed by atoms with van der Waals surface area (Å²) in [6.45, 7) is 0.629. The first-order valence-corrected chi connectivity index (χ1v) is 6.12. The van der Waals surface area contributed by atoms with E-state index in [1.54, 1.807) is 11.4 Å². The molecule has 1 aromatic rings. The molecule has 2 N–H and O–H groups in total. The highest BCUT2D eigenvalue weighted by atomic mass is 35.5. The molecule has 1 fully saturated rings. The average Bonchev–Trinajstić information content (AvgIpc) is 2.57. The van der Waals surface area contributed by atoms with Gasteiger partial charge in [-0.3, -0.25) is 4.79 Å². The molecule has 5 heteroatoms. The number of halogens is 1. The molecule has 1 heterocycles. The number of carbonyl (C=O) groups is 1. The van der Waals surface area contributed by atoms with Gasteiger partial charge in [-0.05, 0) is 30.2 Å². The van der Waals surface area contributed by atoms with E-state index in [4.69, 9.17) is 16.7 Å². The molecule has 0 atom stereocenters. The summed E-state index contributed by atoms with van der Waals surface area (Å²) in [6, 6.07) is 1.72. The van der Waals surface area contributed by atoms with Crippen LogP contribution in [0.1, 0.15) is 22.5 Å². The van der Waals surface area contributed by atoms with Crippen LogP contribution in [0.15, 0.2) is 11.4 Å². The lowest BCUT2D eigenvalue weighted by Gasteiger charge is -2.31. The Morgan fingerprint density at radius 2 is 2.40 bits per heavy atom. The molecule has 0 radical (unpaired) electrons. The van der Waals surface area contributed by atoms with Crippen molar-refractivity contribution in [2.45, 2.75) is 18.9 Å². The summed E-state index contributed by atoms with van der Waals surface area (Å²) in [7, 11) is 0. The summed E-state index contributed by atoms with van der Waals surface area (Å²) in [6.07, 6.45) is 1.41. The normalized spacial score (nSPS) is 24.7. The van der Waals surface area contributed by atoms with Crippen LogP contribution in [-0.4, -0.2) is 23.7 Å². The van der Waals surface area contributed by atoms with E-state index in [0.29, 0.717) is 22.4 Å². The quantitative estimate of drug-likeness (QED) is 0.855. The Labute approximate surface area is 97.1 Å². The molecule has 1 aromatic heterocycles. The molecule has 0 spiro atoms. The van der Waals surface area contributed by atoms with Crippen LogP contribution >= 0.6 is 22.9 Å². The summed E-state index contributed by atoms with van der Waals surface area (Å²) >= 11 is 7.17. The van der Waals surface area contributed by atoms with Crippen molar-refractivity contribution in [2.75, 3.05) is 6.54 Å². The van der Waals surface area contributed by atoms with Crippen LogP contribution in [-0.2, 0) is 0 Å². The van der Waals surface area contributed by atoms with Crippen LogP contribution in [0.3, 0.4) is 0 Å². The lowest BCUT2D eigenvalue weighted by atomic mass is 9.82. The van der Waals surface area contributed by atoms with Gasteiger partial charge in [0.25, 0.3) is 5.91 Å². The summed E-state index contributed by atoms with van der Waals surface area (Å²) in [5.41, 5.74) is 0. The molecular weight excluding hydrogens is 234 g/mol. The van der Waals surface area contributed by atoms with E-state index in [1.165, 1.54) is 11.3 Å². The largest absolute Gasteiger partial charge is 0.393 e. The van der Waals surface area contributed by atoms with Gasteiger partial charge in [-0.25, -0.2) is 0 Å². The van der Waals surface area contributed by atoms with Crippen molar-refractivity contribution in [3.8, 4) is 0 Å². The van der Waals surface area contributed by atoms with Gasteiger partial charge in [-0.2, -0.15) is 0 Å². The van der Waals surface area contributed by atoms with Crippen LogP contribution < -0.4 is 5.32 Å². The zero-order valence-corrected chi connectivity index (χ0v) is 9.64. The molecule has 15 heavy (non-hydrogen) atoms. The van der Waals surface area contributed by atoms with Gasteiger partial charge in [0.15, 0.2) is 0 Å². The van der Waals surface area contributed by atoms with Gasteiger partial charge in [0, 0.05) is 6.54 Å². The highest BCUT2D eigenvalue weighted by Gasteiger charge is 2.27. The molecule has 0 saturated heterocycles. The summed E-state index contributed by atoms with van der Waals surface area (Å²) in [5, 5.41) is 14.2. The van der Waals surface area contributed by atoms with Crippen molar-refractivity contribution in [2.24, 2.45) is 5.92 Å². The second-order valence-electron chi connectivity index (χ2n) is 3.80. The summed E-state index contributed by atoms with van der Waals surface area (Å²) in [5.74, 6) is 0.305. The van der Waals surface area contributed by atoms with E-state index in [-0.39, 0.29) is 12.0 Å². The van der Waals surface area contributed by atoms with Gasteiger partial charge in [0.2, 0.25) is 0 Å². The second kappa shape index (κ2) is 4.51. The highest BCUT2D eigenvalue weighted by molar-refractivity contribution is 7.12. The SMILES string of the molecule is O=C(NCC1CC(O)C1)c1sccc1Cl. The maximum Gasteiger partial charge on any atom is 0.262 e. The molecule has 0 unspecified atom stereocenters. The maximum absolute atomic E-state index is 11.6. The maximum atomic E-state index is 11.6. The standard InChI is InChI=1S/C10H12ClNO2S/c11-8-1-2-15-9(8)10(14)12-5-6-3-7(13)4-6/h1-2,6-7,13H,3-5H2,(H,12,14). The molecule has 1 amide bonds. The van der Waals surface area contributed by atoms with Crippen LogP contribution in [0, 0.1) is 5.92 Å². The van der Waals surface area contributed by atoms with E-state index in [0.717, 1.165) is 12.8 Å². The van der Waals surface area contributed by atoms with Gasteiger partial charge < -0.3 is 10.4 Å². The molecule has 82 valence electrons. The van der Waals surface area contributed by atoms with E-state index >= 15 is 0 Å². The molecule has 1 saturated carbocycles. The number of carbonyl (C=O) groups excluding carboxylic acids is 1. The molecule has 0 bridgehead atoms. The monoisotopic (exact) mass is 245 g/mol. The first-order chi connectivity index (χ1) is 7.16. The van der Waals surface area contributed by atoms with Crippen LogP contribution in [0.4, 0.5) is 0 Å². The van der Waals surface area contributed by atoms with Crippen LogP contribution in [0.25, 0.3) is 0 Å². The fourth-order valence-electron chi connectivity index (χ4n) is 1.64. The number of aliphatic hydroxyl groups excluding tert-OH is 1. The number of aliphatic hydroxyl groups is 1. The Bertz CT molecular complexity index is 360.